The van der Waals surface area contributed by atoms with E-state index < -0.39 is 72.1 Å². The summed E-state index contributed by atoms with van der Waals surface area (Å²) in [5, 5.41) is 11.7. The summed E-state index contributed by atoms with van der Waals surface area (Å²) in [6.45, 7) is 1.34. The Morgan fingerprint density at radius 3 is 1.92 bits per heavy atom. The second-order valence-electron chi connectivity index (χ2n) is 7.95. The lowest BCUT2D eigenvalue weighted by Crippen LogP contribution is -2.42. The van der Waals surface area contributed by atoms with Gasteiger partial charge in [0.1, 0.15) is 6.10 Å². The molecule has 39 heavy (non-hydrogen) atoms. The number of nitro groups is 1. The summed E-state index contributed by atoms with van der Waals surface area (Å²) in [6.07, 6.45) is -0.363. The zero-order valence-electron chi connectivity index (χ0n) is 21.6. The normalized spacial score (nSPS) is 12.3. The molecule has 10 nitrogen and oxygen atoms in total. The van der Waals surface area contributed by atoms with Crippen LogP contribution >= 0.6 is 0 Å². The predicted molar refractivity (Wildman–Crippen MR) is 126 cm³/mol. The predicted octanol–water partition coefficient (Wildman–Crippen LogP) is 5.74. The monoisotopic (exact) mass is 583 g/mol. The Hall–Kier alpha value is -3.34. The van der Waals surface area contributed by atoms with Gasteiger partial charge in [0.2, 0.25) is 34.8 Å². The van der Waals surface area contributed by atoms with Gasteiger partial charge in [-0.1, -0.05) is 0 Å². The van der Waals surface area contributed by atoms with Gasteiger partial charge in [0, 0.05) is 33.8 Å². The molecule has 0 fully saturated rings. The number of hydrogen-bond acceptors (Lipinski definition) is 9. The molecule has 2 aromatic rings. The number of hydrogen-bond donors (Lipinski definition) is 0. The number of carbonyl (C=O) groups excluding carboxylic acids is 1. The van der Waals surface area contributed by atoms with Crippen molar-refractivity contribution in [2.24, 2.45) is 0 Å². The van der Waals surface area contributed by atoms with E-state index in [0.717, 1.165) is 13.2 Å². The summed E-state index contributed by atoms with van der Waals surface area (Å²) < 4.78 is 99.7. The molecule has 2 aromatic carbocycles. The molecule has 1 atom stereocenters. The Balaban J connectivity index is 2.26. The Morgan fingerprint density at radius 2 is 1.44 bits per heavy atom. The van der Waals surface area contributed by atoms with Gasteiger partial charge < -0.3 is 27.5 Å². The van der Waals surface area contributed by atoms with Crippen LogP contribution in [0.4, 0.5) is 27.6 Å². The third-order valence-electron chi connectivity index (χ3n) is 5.68. The van der Waals surface area contributed by atoms with E-state index in [1.807, 2.05) is 0 Å². The Bertz CT molecular complexity index is 1180. The molecule has 0 aromatic heterocycles. The van der Waals surface area contributed by atoms with Gasteiger partial charge in [-0.2, -0.15) is 8.78 Å². The summed E-state index contributed by atoms with van der Waals surface area (Å²) in [4.78, 5) is 23.2. The summed E-state index contributed by atoms with van der Waals surface area (Å²) in [5.41, 5.74) is -0.912. The van der Waals surface area contributed by atoms with Crippen LogP contribution in [0.15, 0.2) is 12.1 Å². The topological polar surface area (TPSA) is 116 Å². The Labute approximate surface area is 221 Å². The van der Waals surface area contributed by atoms with Crippen LogP contribution in [0.5, 0.6) is 17.2 Å². The van der Waals surface area contributed by atoms with Gasteiger partial charge in [-0.3, -0.25) is 14.9 Å². The van der Waals surface area contributed by atoms with Gasteiger partial charge in [-0.05, 0) is 25.8 Å². The van der Waals surface area contributed by atoms with Crippen molar-refractivity contribution >= 4 is 20.5 Å². The van der Waals surface area contributed by atoms with Gasteiger partial charge in [-0.25, -0.2) is 13.2 Å². The minimum absolute atomic E-state index is 0.0433. The van der Waals surface area contributed by atoms with E-state index >= 15 is 0 Å². The number of ether oxygens (including phenoxy) is 3. The zero-order valence-corrected chi connectivity index (χ0v) is 22.6. The SMILES string of the molecule is COc1cc(C(C)OC(=O)CCCC[Si](OC)(OC)OC)c([N+](=O)[O-])cc1Oc1c(F)c(F)c(F)c(F)c1F. The van der Waals surface area contributed by atoms with Crippen molar-refractivity contribution in [3.05, 3.63) is 56.9 Å². The molecule has 1 unspecified atom stereocenters. The molecule has 0 aliphatic rings. The maximum absolute atomic E-state index is 14.1. The molecule has 0 N–H and O–H groups in total. The molecular weight excluding hydrogens is 557 g/mol. The summed E-state index contributed by atoms with van der Waals surface area (Å²) in [6, 6.07) is 2.08. The van der Waals surface area contributed by atoms with Gasteiger partial charge in [0.05, 0.1) is 23.7 Å². The molecule has 0 bridgehead atoms. The highest BCUT2D eigenvalue weighted by molar-refractivity contribution is 6.60. The van der Waals surface area contributed by atoms with Crippen LogP contribution in [-0.4, -0.2) is 48.1 Å². The summed E-state index contributed by atoms with van der Waals surface area (Å²) in [5.74, 6) is -15.0. The van der Waals surface area contributed by atoms with E-state index in [-0.39, 0.29) is 17.7 Å². The van der Waals surface area contributed by atoms with Crippen molar-refractivity contribution in [2.75, 3.05) is 28.4 Å². The van der Waals surface area contributed by atoms with Crippen molar-refractivity contribution in [2.45, 2.75) is 38.3 Å². The second-order valence-corrected chi connectivity index (χ2v) is 11.0. The van der Waals surface area contributed by atoms with Gasteiger partial charge >= 0.3 is 14.8 Å². The van der Waals surface area contributed by atoms with Crippen LogP contribution in [0.3, 0.4) is 0 Å². The standard InChI is InChI=1S/C23H26F5NO9Si/c1-12(37-17(30)8-6-7-9-39(34-3,35-4)36-5)13-10-15(33-2)16(11-14(13)29(31)32)38-23-21(27)19(25)18(24)20(26)22(23)28/h10-12H,6-9H2,1-5H3. The van der Waals surface area contributed by atoms with Crippen molar-refractivity contribution in [1.82, 2.24) is 0 Å². The number of methoxy groups -OCH3 is 1. The fraction of sp³-hybridized carbons (Fsp3) is 0.435. The minimum Gasteiger partial charge on any atom is -0.493 e. The van der Waals surface area contributed by atoms with Crippen molar-refractivity contribution in [3.8, 4) is 17.2 Å². The van der Waals surface area contributed by atoms with Crippen molar-refractivity contribution in [1.29, 1.82) is 0 Å². The minimum atomic E-state index is -2.81. The highest BCUT2D eigenvalue weighted by atomic mass is 28.4. The number of benzene rings is 2. The number of nitro benzene ring substituents is 1. The first-order valence-electron chi connectivity index (χ1n) is 11.3. The van der Waals surface area contributed by atoms with Gasteiger partial charge in [-0.15, -0.1) is 0 Å². The van der Waals surface area contributed by atoms with Crippen LogP contribution in [0, 0.1) is 39.2 Å². The molecule has 0 radical (unpaired) electrons. The molecular formula is C23H26F5NO9Si. The fourth-order valence-electron chi connectivity index (χ4n) is 3.56. The Kier molecular flexibility index (Phi) is 11.1. The number of unbranched alkanes of at least 4 members (excludes halogenated alkanes) is 1. The first kappa shape index (κ1) is 31.9. The van der Waals surface area contributed by atoms with E-state index in [2.05, 4.69) is 0 Å². The molecule has 0 saturated carbocycles. The van der Waals surface area contributed by atoms with E-state index in [4.69, 9.17) is 27.5 Å². The molecule has 0 spiro atoms. The molecule has 0 amide bonds. The lowest BCUT2D eigenvalue weighted by molar-refractivity contribution is -0.386. The maximum Gasteiger partial charge on any atom is 0.500 e. The highest BCUT2D eigenvalue weighted by Crippen LogP contribution is 2.42. The summed E-state index contributed by atoms with van der Waals surface area (Å²) in [7, 11) is 2.61. The fourth-order valence-corrected chi connectivity index (χ4v) is 5.35. The van der Waals surface area contributed by atoms with Gasteiger partial charge in [0.25, 0.3) is 5.69 Å². The van der Waals surface area contributed by atoms with Crippen LogP contribution in [0.1, 0.15) is 37.9 Å². The van der Waals surface area contributed by atoms with E-state index in [1.165, 1.54) is 28.3 Å². The highest BCUT2D eigenvalue weighted by Gasteiger charge is 2.37. The van der Waals surface area contributed by atoms with Crippen LogP contribution < -0.4 is 9.47 Å². The summed E-state index contributed by atoms with van der Waals surface area (Å²) >= 11 is 0. The lowest BCUT2D eigenvalue weighted by atomic mass is 10.1. The number of rotatable bonds is 14. The lowest BCUT2D eigenvalue weighted by Gasteiger charge is -2.24. The largest absolute Gasteiger partial charge is 0.500 e. The molecule has 0 heterocycles. The van der Waals surface area contributed by atoms with E-state index in [9.17, 15) is 36.9 Å². The number of carbonyl (C=O) groups is 1. The van der Waals surface area contributed by atoms with E-state index in [0.29, 0.717) is 25.0 Å². The van der Waals surface area contributed by atoms with E-state index in [1.54, 1.807) is 0 Å². The van der Waals surface area contributed by atoms with Gasteiger partial charge in [0.15, 0.2) is 11.5 Å². The van der Waals surface area contributed by atoms with Crippen molar-refractivity contribution in [3.63, 3.8) is 0 Å². The van der Waals surface area contributed by atoms with Crippen molar-refractivity contribution < 1.29 is 59.2 Å². The third-order valence-corrected chi connectivity index (χ3v) is 8.52. The third kappa shape index (κ3) is 7.20. The molecule has 0 aliphatic heterocycles. The number of esters is 1. The first-order valence-corrected chi connectivity index (χ1v) is 13.2. The molecule has 216 valence electrons. The molecule has 2 rings (SSSR count). The quantitative estimate of drug-likeness (QED) is 0.0401. The number of halogens is 5. The van der Waals surface area contributed by atoms with Crippen LogP contribution in [0.25, 0.3) is 0 Å². The Morgan fingerprint density at radius 1 is 0.897 bits per heavy atom. The average molecular weight is 584 g/mol. The molecule has 0 aliphatic carbocycles. The van der Waals surface area contributed by atoms with Crippen LogP contribution in [-0.2, 0) is 22.8 Å². The zero-order chi connectivity index (χ0) is 29.5. The smallest absolute Gasteiger partial charge is 0.493 e. The average Bonchev–Trinajstić information content (AvgIpc) is 2.93. The van der Waals surface area contributed by atoms with Crippen LogP contribution in [0.2, 0.25) is 6.04 Å². The first-order chi connectivity index (χ1) is 18.4. The molecule has 16 heteroatoms. The maximum atomic E-state index is 14.1. The number of nitrogens with zero attached hydrogens (tertiary/aromatic N) is 1. The molecule has 0 saturated heterocycles. The second kappa shape index (κ2) is 13.6.